The van der Waals surface area contributed by atoms with Crippen molar-refractivity contribution < 1.29 is 9.53 Å². The first-order chi connectivity index (χ1) is 11.7. The number of benzene rings is 1. The monoisotopic (exact) mass is 358 g/mol. The molecule has 0 unspecified atom stereocenters. The predicted molar refractivity (Wildman–Crippen MR) is 96.0 cm³/mol. The molecule has 24 heavy (non-hydrogen) atoms. The quantitative estimate of drug-likeness (QED) is 0.703. The molecule has 3 aromatic rings. The van der Waals surface area contributed by atoms with Crippen LogP contribution in [0, 0.1) is 0 Å². The molecule has 1 fully saturated rings. The summed E-state index contributed by atoms with van der Waals surface area (Å²) in [5.41, 5.74) is 0.911. The molecule has 1 aliphatic rings. The number of amides is 1. The van der Waals surface area contributed by atoms with Crippen molar-refractivity contribution in [2.45, 2.75) is 12.5 Å². The topological polar surface area (TPSA) is 42.4 Å². The van der Waals surface area contributed by atoms with Gasteiger partial charge in [-0.25, -0.2) is 4.98 Å². The Bertz CT molecular complexity index is 895. The van der Waals surface area contributed by atoms with Gasteiger partial charge in [0.15, 0.2) is 0 Å². The number of para-hydroxylation sites is 1. The average Bonchev–Trinajstić information content (AvgIpc) is 3.23. The van der Waals surface area contributed by atoms with Gasteiger partial charge in [0.2, 0.25) is 5.88 Å². The Labute approximate surface area is 148 Å². The standard InChI is InChI=1S/C18H15ClN2O2S/c19-16-7-6-15(24-16)18(22)21-10-9-13(11-21)23-17-8-5-12-3-1-2-4-14(12)20-17/h1-8,13H,9-11H2/t13-/m0/s1. The fourth-order valence-corrected chi connectivity index (χ4v) is 3.89. The number of hydrogen-bond donors (Lipinski definition) is 0. The second kappa shape index (κ2) is 6.42. The van der Waals surface area contributed by atoms with Crippen molar-refractivity contribution in [2.24, 2.45) is 0 Å². The van der Waals surface area contributed by atoms with Crippen LogP contribution in [0.2, 0.25) is 4.34 Å². The molecule has 0 radical (unpaired) electrons. The molecular formula is C18H15ClN2O2S. The van der Waals surface area contributed by atoms with Gasteiger partial charge in [0.05, 0.1) is 21.3 Å². The molecule has 2 aromatic heterocycles. The summed E-state index contributed by atoms with van der Waals surface area (Å²) in [6.45, 7) is 1.26. The molecule has 4 rings (SSSR count). The van der Waals surface area contributed by atoms with E-state index in [9.17, 15) is 4.79 Å². The minimum absolute atomic E-state index is 0.0180. The number of carbonyl (C=O) groups is 1. The van der Waals surface area contributed by atoms with Gasteiger partial charge in [-0.15, -0.1) is 11.3 Å². The molecule has 0 saturated carbocycles. The van der Waals surface area contributed by atoms with E-state index in [0.717, 1.165) is 17.3 Å². The van der Waals surface area contributed by atoms with Gasteiger partial charge in [0.1, 0.15) is 6.10 Å². The Hall–Kier alpha value is -2.11. The van der Waals surface area contributed by atoms with Gasteiger partial charge < -0.3 is 9.64 Å². The Morgan fingerprint density at radius 1 is 1.21 bits per heavy atom. The van der Waals surface area contributed by atoms with Crippen LogP contribution in [0.1, 0.15) is 16.1 Å². The first-order valence-corrected chi connectivity index (χ1v) is 8.95. The predicted octanol–water partition coefficient (Wildman–Crippen LogP) is 4.24. The molecule has 3 heterocycles. The molecule has 1 aliphatic heterocycles. The summed E-state index contributed by atoms with van der Waals surface area (Å²) >= 11 is 7.22. The van der Waals surface area contributed by atoms with Crippen LogP contribution in [0.5, 0.6) is 5.88 Å². The smallest absolute Gasteiger partial charge is 0.264 e. The van der Waals surface area contributed by atoms with E-state index in [0.29, 0.717) is 28.2 Å². The molecule has 6 heteroatoms. The fraction of sp³-hybridized carbons (Fsp3) is 0.222. The second-order valence-electron chi connectivity index (χ2n) is 5.73. The highest BCUT2D eigenvalue weighted by Crippen LogP contribution is 2.25. The van der Waals surface area contributed by atoms with Crippen LogP contribution < -0.4 is 4.74 Å². The van der Waals surface area contributed by atoms with Crippen molar-refractivity contribution in [2.75, 3.05) is 13.1 Å². The molecule has 1 amide bonds. The Morgan fingerprint density at radius 3 is 2.92 bits per heavy atom. The molecular weight excluding hydrogens is 344 g/mol. The lowest BCUT2D eigenvalue weighted by Crippen LogP contribution is -2.30. The molecule has 0 N–H and O–H groups in total. The van der Waals surface area contributed by atoms with Gasteiger partial charge in [-0.05, 0) is 24.3 Å². The van der Waals surface area contributed by atoms with E-state index in [1.54, 1.807) is 12.1 Å². The van der Waals surface area contributed by atoms with Crippen LogP contribution >= 0.6 is 22.9 Å². The third kappa shape index (κ3) is 3.09. The zero-order valence-corrected chi connectivity index (χ0v) is 14.4. The van der Waals surface area contributed by atoms with Gasteiger partial charge in [-0.2, -0.15) is 0 Å². The summed E-state index contributed by atoms with van der Waals surface area (Å²) in [5.74, 6) is 0.622. The van der Waals surface area contributed by atoms with Gasteiger partial charge in [0, 0.05) is 24.4 Å². The van der Waals surface area contributed by atoms with Gasteiger partial charge in [0.25, 0.3) is 5.91 Å². The van der Waals surface area contributed by atoms with Crippen LogP contribution in [0.4, 0.5) is 0 Å². The zero-order valence-electron chi connectivity index (χ0n) is 12.8. The number of fused-ring (bicyclic) bond motifs is 1. The number of ether oxygens (including phenoxy) is 1. The maximum absolute atomic E-state index is 12.4. The lowest BCUT2D eigenvalue weighted by Gasteiger charge is -2.16. The maximum Gasteiger partial charge on any atom is 0.264 e. The highest BCUT2D eigenvalue weighted by Gasteiger charge is 2.29. The number of likely N-dealkylation sites (tertiary alicyclic amines) is 1. The number of rotatable bonds is 3. The summed E-state index contributed by atoms with van der Waals surface area (Å²) in [6.07, 6.45) is 0.775. The molecule has 122 valence electrons. The molecule has 0 spiro atoms. The third-order valence-corrected chi connectivity index (χ3v) is 5.30. The molecule has 0 bridgehead atoms. The highest BCUT2D eigenvalue weighted by atomic mass is 35.5. The number of hydrogen-bond acceptors (Lipinski definition) is 4. The second-order valence-corrected chi connectivity index (χ2v) is 7.44. The van der Waals surface area contributed by atoms with Crippen molar-refractivity contribution in [1.82, 2.24) is 9.88 Å². The van der Waals surface area contributed by atoms with Crippen molar-refractivity contribution in [3.63, 3.8) is 0 Å². The first kappa shape index (κ1) is 15.4. The Kier molecular flexibility index (Phi) is 4.12. The summed E-state index contributed by atoms with van der Waals surface area (Å²) in [5, 5.41) is 1.09. The minimum Gasteiger partial charge on any atom is -0.472 e. The third-order valence-electron chi connectivity index (χ3n) is 4.08. The number of halogens is 1. The average molecular weight is 359 g/mol. The largest absolute Gasteiger partial charge is 0.472 e. The van der Waals surface area contributed by atoms with Crippen LogP contribution in [-0.2, 0) is 0 Å². The molecule has 1 saturated heterocycles. The maximum atomic E-state index is 12.4. The molecule has 1 aromatic carbocycles. The lowest BCUT2D eigenvalue weighted by molar-refractivity contribution is 0.0776. The van der Waals surface area contributed by atoms with Crippen LogP contribution in [0.15, 0.2) is 48.5 Å². The van der Waals surface area contributed by atoms with Crippen molar-refractivity contribution >= 4 is 39.7 Å². The number of aromatic nitrogens is 1. The number of carbonyl (C=O) groups excluding carboxylic acids is 1. The van der Waals surface area contributed by atoms with E-state index in [4.69, 9.17) is 16.3 Å². The van der Waals surface area contributed by atoms with Crippen molar-refractivity contribution in [3.05, 3.63) is 57.7 Å². The van der Waals surface area contributed by atoms with E-state index < -0.39 is 0 Å². The van der Waals surface area contributed by atoms with E-state index in [-0.39, 0.29) is 12.0 Å². The summed E-state index contributed by atoms with van der Waals surface area (Å²) < 4.78 is 6.61. The zero-order chi connectivity index (χ0) is 16.5. The van der Waals surface area contributed by atoms with Crippen LogP contribution in [0.25, 0.3) is 10.9 Å². The van der Waals surface area contributed by atoms with E-state index in [2.05, 4.69) is 4.98 Å². The van der Waals surface area contributed by atoms with E-state index in [1.807, 2.05) is 41.3 Å². The normalized spacial score (nSPS) is 17.4. The highest BCUT2D eigenvalue weighted by molar-refractivity contribution is 7.17. The molecule has 0 aliphatic carbocycles. The van der Waals surface area contributed by atoms with Crippen molar-refractivity contribution in [3.8, 4) is 5.88 Å². The first-order valence-electron chi connectivity index (χ1n) is 7.76. The van der Waals surface area contributed by atoms with E-state index in [1.165, 1.54) is 11.3 Å². The SMILES string of the molecule is O=C(c1ccc(Cl)s1)N1CC[C@H](Oc2ccc3ccccc3n2)C1. The van der Waals surface area contributed by atoms with Gasteiger partial charge >= 0.3 is 0 Å². The minimum atomic E-state index is -0.0296. The van der Waals surface area contributed by atoms with Gasteiger partial charge in [-0.1, -0.05) is 29.8 Å². The Morgan fingerprint density at radius 2 is 2.08 bits per heavy atom. The number of thiophene rings is 1. The molecule has 1 atom stereocenters. The van der Waals surface area contributed by atoms with E-state index >= 15 is 0 Å². The number of pyridine rings is 1. The summed E-state index contributed by atoms with van der Waals surface area (Å²) in [6, 6.07) is 15.3. The molecule has 4 nitrogen and oxygen atoms in total. The van der Waals surface area contributed by atoms with Gasteiger partial charge in [-0.3, -0.25) is 4.79 Å². The Balaban J connectivity index is 1.43. The summed E-state index contributed by atoms with van der Waals surface area (Å²) in [4.78, 5) is 19.5. The van der Waals surface area contributed by atoms with Crippen LogP contribution in [0.3, 0.4) is 0 Å². The summed E-state index contributed by atoms with van der Waals surface area (Å²) in [7, 11) is 0. The number of nitrogens with zero attached hydrogens (tertiary/aromatic N) is 2. The fourth-order valence-electron chi connectivity index (χ4n) is 2.88. The van der Waals surface area contributed by atoms with Crippen molar-refractivity contribution in [1.29, 1.82) is 0 Å². The van der Waals surface area contributed by atoms with Crippen LogP contribution in [-0.4, -0.2) is 35.0 Å². The lowest BCUT2D eigenvalue weighted by atomic mass is 10.2.